The van der Waals surface area contributed by atoms with Gasteiger partial charge in [-0.05, 0) is 48.3 Å². The molecule has 1 aliphatic rings. The number of rotatable bonds is 8. The minimum atomic E-state index is -1.02. The average molecular weight is 412 g/mol. The Morgan fingerprint density at radius 2 is 1.62 bits per heavy atom. The standard InChI is InChI=1S/C21H20N2O5S/c1-29-11-10-17(23-19(25)15-4-2-3-5-16(15)20(23)26)18(24)22-12-13-6-8-14(9-7-13)21(27)28/h2-9,17H,10-12H2,1H3,(H,22,24)(H,27,28). The van der Waals surface area contributed by atoms with Crippen LogP contribution in [-0.2, 0) is 11.3 Å². The maximum atomic E-state index is 12.9. The van der Waals surface area contributed by atoms with Gasteiger partial charge >= 0.3 is 5.97 Å². The lowest BCUT2D eigenvalue weighted by Crippen LogP contribution is -2.49. The van der Waals surface area contributed by atoms with E-state index in [2.05, 4.69) is 5.32 Å². The van der Waals surface area contributed by atoms with Crippen molar-refractivity contribution in [1.29, 1.82) is 0 Å². The van der Waals surface area contributed by atoms with Gasteiger partial charge in [0, 0.05) is 6.54 Å². The fourth-order valence-corrected chi connectivity index (χ4v) is 3.63. The van der Waals surface area contributed by atoms with Crippen molar-refractivity contribution in [3.8, 4) is 0 Å². The average Bonchev–Trinajstić information content (AvgIpc) is 2.98. The third-order valence-corrected chi connectivity index (χ3v) is 5.35. The van der Waals surface area contributed by atoms with E-state index in [1.54, 1.807) is 36.4 Å². The van der Waals surface area contributed by atoms with Crippen molar-refractivity contribution in [1.82, 2.24) is 10.2 Å². The largest absolute Gasteiger partial charge is 0.478 e. The molecule has 1 aliphatic heterocycles. The van der Waals surface area contributed by atoms with Crippen molar-refractivity contribution in [2.45, 2.75) is 19.0 Å². The van der Waals surface area contributed by atoms with Crippen LogP contribution in [0.15, 0.2) is 48.5 Å². The van der Waals surface area contributed by atoms with E-state index >= 15 is 0 Å². The summed E-state index contributed by atoms with van der Waals surface area (Å²) in [6.07, 6.45) is 2.23. The summed E-state index contributed by atoms with van der Waals surface area (Å²) in [6.45, 7) is 0.164. The second-order valence-corrected chi connectivity index (χ2v) is 7.53. The third-order valence-electron chi connectivity index (χ3n) is 4.70. The molecule has 0 fully saturated rings. The molecule has 3 amide bonds. The first-order valence-electron chi connectivity index (χ1n) is 9.00. The number of amides is 3. The van der Waals surface area contributed by atoms with Crippen LogP contribution in [0.5, 0.6) is 0 Å². The first-order chi connectivity index (χ1) is 13.9. The molecule has 3 rings (SSSR count). The van der Waals surface area contributed by atoms with E-state index in [-0.39, 0.29) is 12.1 Å². The van der Waals surface area contributed by atoms with E-state index in [1.165, 1.54) is 23.9 Å². The van der Waals surface area contributed by atoms with Crippen LogP contribution in [0.4, 0.5) is 0 Å². The second-order valence-electron chi connectivity index (χ2n) is 6.54. The molecule has 2 aromatic carbocycles. The molecular formula is C21H20N2O5S. The Labute approximate surface area is 172 Å². The van der Waals surface area contributed by atoms with Gasteiger partial charge in [-0.2, -0.15) is 11.8 Å². The van der Waals surface area contributed by atoms with Crippen molar-refractivity contribution in [2.75, 3.05) is 12.0 Å². The van der Waals surface area contributed by atoms with E-state index in [9.17, 15) is 19.2 Å². The van der Waals surface area contributed by atoms with Gasteiger partial charge in [0.15, 0.2) is 0 Å². The van der Waals surface area contributed by atoms with Crippen LogP contribution in [-0.4, -0.2) is 51.7 Å². The molecule has 0 bridgehead atoms. The maximum absolute atomic E-state index is 12.9. The van der Waals surface area contributed by atoms with Gasteiger partial charge in [-0.3, -0.25) is 19.3 Å². The highest BCUT2D eigenvalue weighted by Gasteiger charge is 2.42. The van der Waals surface area contributed by atoms with Crippen molar-refractivity contribution in [2.24, 2.45) is 0 Å². The van der Waals surface area contributed by atoms with Crippen LogP contribution in [0.25, 0.3) is 0 Å². The molecule has 1 unspecified atom stereocenters. The minimum absolute atomic E-state index is 0.156. The summed E-state index contributed by atoms with van der Waals surface area (Å²) >= 11 is 1.53. The van der Waals surface area contributed by atoms with Crippen LogP contribution in [0.1, 0.15) is 43.1 Å². The number of thioether (sulfide) groups is 1. The Kier molecular flexibility index (Phi) is 6.33. The number of carbonyl (C=O) groups excluding carboxylic acids is 3. The molecule has 8 heteroatoms. The first-order valence-corrected chi connectivity index (χ1v) is 10.4. The number of nitrogens with one attached hydrogen (secondary N) is 1. The Hall–Kier alpha value is -3.13. The molecule has 1 heterocycles. The van der Waals surface area contributed by atoms with Crippen LogP contribution >= 0.6 is 11.8 Å². The molecule has 0 saturated carbocycles. The number of fused-ring (bicyclic) bond motifs is 1. The summed E-state index contributed by atoms with van der Waals surface area (Å²) in [5.74, 6) is -1.76. The van der Waals surface area contributed by atoms with E-state index < -0.39 is 29.7 Å². The van der Waals surface area contributed by atoms with Crippen LogP contribution in [0.3, 0.4) is 0 Å². The molecule has 150 valence electrons. The number of carbonyl (C=O) groups is 4. The molecule has 29 heavy (non-hydrogen) atoms. The SMILES string of the molecule is CSCCC(C(=O)NCc1ccc(C(=O)O)cc1)N1C(=O)c2ccccc2C1=O. The van der Waals surface area contributed by atoms with Gasteiger partial charge in [-0.1, -0.05) is 24.3 Å². The van der Waals surface area contributed by atoms with Gasteiger partial charge in [-0.25, -0.2) is 4.79 Å². The van der Waals surface area contributed by atoms with E-state index in [4.69, 9.17) is 5.11 Å². The smallest absolute Gasteiger partial charge is 0.335 e. The molecule has 1 atom stereocenters. The van der Waals surface area contributed by atoms with Gasteiger partial charge in [0.2, 0.25) is 5.91 Å². The van der Waals surface area contributed by atoms with Gasteiger partial charge in [-0.15, -0.1) is 0 Å². The molecule has 7 nitrogen and oxygen atoms in total. The van der Waals surface area contributed by atoms with Gasteiger partial charge < -0.3 is 10.4 Å². The lowest BCUT2D eigenvalue weighted by atomic mass is 10.1. The van der Waals surface area contributed by atoms with Gasteiger partial charge in [0.1, 0.15) is 6.04 Å². The monoisotopic (exact) mass is 412 g/mol. The fraction of sp³-hybridized carbons (Fsp3) is 0.238. The molecule has 0 spiro atoms. The number of benzene rings is 2. The molecule has 0 radical (unpaired) electrons. The zero-order valence-corrected chi connectivity index (χ0v) is 16.6. The summed E-state index contributed by atoms with van der Waals surface area (Å²) in [4.78, 5) is 50.3. The molecule has 0 saturated heterocycles. The molecular weight excluding hydrogens is 392 g/mol. The number of nitrogens with zero attached hydrogens (tertiary/aromatic N) is 1. The van der Waals surface area contributed by atoms with Crippen LogP contribution in [0, 0.1) is 0 Å². The lowest BCUT2D eigenvalue weighted by Gasteiger charge is -2.25. The third kappa shape index (κ3) is 4.32. The van der Waals surface area contributed by atoms with Gasteiger partial charge in [0.05, 0.1) is 16.7 Å². The normalized spacial score (nSPS) is 13.9. The Balaban J connectivity index is 1.75. The summed E-state index contributed by atoms with van der Waals surface area (Å²) in [5.41, 5.74) is 1.49. The predicted octanol–water partition coefficient (Wildman–Crippen LogP) is 2.42. The predicted molar refractivity (Wildman–Crippen MR) is 109 cm³/mol. The highest BCUT2D eigenvalue weighted by Crippen LogP contribution is 2.26. The highest BCUT2D eigenvalue weighted by molar-refractivity contribution is 7.98. The maximum Gasteiger partial charge on any atom is 0.335 e. The fourth-order valence-electron chi connectivity index (χ4n) is 3.17. The number of aromatic carboxylic acids is 1. The van der Waals surface area contributed by atoms with Crippen molar-refractivity contribution in [3.63, 3.8) is 0 Å². The topological polar surface area (TPSA) is 104 Å². The van der Waals surface area contributed by atoms with Crippen molar-refractivity contribution < 1.29 is 24.3 Å². The number of hydrogen-bond donors (Lipinski definition) is 2. The van der Waals surface area contributed by atoms with Crippen molar-refractivity contribution in [3.05, 3.63) is 70.8 Å². The zero-order chi connectivity index (χ0) is 21.0. The Morgan fingerprint density at radius 1 is 1.03 bits per heavy atom. The highest BCUT2D eigenvalue weighted by atomic mass is 32.2. The Morgan fingerprint density at radius 3 is 2.14 bits per heavy atom. The summed E-state index contributed by atoms with van der Waals surface area (Å²) in [7, 11) is 0. The van der Waals surface area contributed by atoms with Crippen LogP contribution in [0.2, 0.25) is 0 Å². The van der Waals surface area contributed by atoms with E-state index in [1.807, 2.05) is 6.26 Å². The number of hydrogen-bond acceptors (Lipinski definition) is 5. The quantitative estimate of drug-likeness (QED) is 0.646. The second kappa shape index (κ2) is 8.91. The molecule has 0 aromatic heterocycles. The lowest BCUT2D eigenvalue weighted by molar-refractivity contribution is -0.125. The number of imide groups is 1. The first kappa shape index (κ1) is 20.6. The molecule has 2 aromatic rings. The van der Waals surface area contributed by atoms with E-state index in [0.717, 1.165) is 4.90 Å². The summed E-state index contributed by atoms with van der Waals surface area (Å²) in [5, 5.41) is 11.7. The Bertz CT molecular complexity index is 923. The van der Waals surface area contributed by atoms with Crippen molar-refractivity contribution >= 4 is 35.5 Å². The van der Waals surface area contributed by atoms with E-state index in [0.29, 0.717) is 28.9 Å². The minimum Gasteiger partial charge on any atom is -0.478 e. The zero-order valence-electron chi connectivity index (χ0n) is 15.8. The van der Waals surface area contributed by atoms with Gasteiger partial charge in [0.25, 0.3) is 11.8 Å². The summed E-state index contributed by atoms with van der Waals surface area (Å²) in [6, 6.07) is 11.8. The number of carboxylic acids is 1. The van der Waals surface area contributed by atoms with Crippen LogP contribution < -0.4 is 5.32 Å². The molecule has 0 aliphatic carbocycles. The molecule has 2 N–H and O–H groups in total. The number of carboxylic acid groups (broad SMARTS) is 1. The summed E-state index contributed by atoms with van der Waals surface area (Å²) < 4.78 is 0.